The van der Waals surface area contributed by atoms with Crippen LogP contribution in [0.3, 0.4) is 0 Å². The number of carbonyl (C=O) groups excluding carboxylic acids is 1. The molecule has 26 heavy (non-hydrogen) atoms. The molecule has 1 aromatic heterocycles. The van der Waals surface area contributed by atoms with Crippen molar-refractivity contribution >= 4 is 22.4 Å². The zero-order valence-electron chi connectivity index (χ0n) is 15.4. The molecular formula is C20H26FN3OS. The first kappa shape index (κ1) is 19.0. The number of nitrogens with zero attached hydrogens (tertiary/aromatic N) is 3. The van der Waals surface area contributed by atoms with Crippen LogP contribution in [0.4, 0.5) is 9.52 Å². The van der Waals surface area contributed by atoms with Gasteiger partial charge in [0.25, 0.3) is 0 Å². The van der Waals surface area contributed by atoms with Gasteiger partial charge >= 0.3 is 0 Å². The van der Waals surface area contributed by atoms with Gasteiger partial charge in [-0.25, -0.2) is 9.37 Å². The van der Waals surface area contributed by atoms with Crippen LogP contribution in [0.2, 0.25) is 0 Å². The molecule has 140 valence electrons. The summed E-state index contributed by atoms with van der Waals surface area (Å²) in [5.41, 5.74) is 0.866. The normalized spacial score (nSPS) is 16.6. The molecule has 0 unspecified atom stereocenters. The zero-order chi connectivity index (χ0) is 18.5. The highest BCUT2D eigenvalue weighted by Crippen LogP contribution is 2.30. The van der Waals surface area contributed by atoms with Gasteiger partial charge in [-0.05, 0) is 44.5 Å². The minimum absolute atomic E-state index is 0.0748. The van der Waals surface area contributed by atoms with Crippen LogP contribution in [0.25, 0.3) is 0 Å². The van der Waals surface area contributed by atoms with Gasteiger partial charge in [0.1, 0.15) is 5.82 Å². The van der Waals surface area contributed by atoms with Crippen LogP contribution in [-0.4, -0.2) is 34.9 Å². The maximum absolute atomic E-state index is 13.4. The summed E-state index contributed by atoms with van der Waals surface area (Å²) in [4.78, 5) is 21.6. The van der Waals surface area contributed by atoms with Gasteiger partial charge < -0.3 is 0 Å². The van der Waals surface area contributed by atoms with Crippen molar-refractivity contribution in [3.8, 4) is 0 Å². The number of hydrogen-bond acceptors (Lipinski definition) is 4. The van der Waals surface area contributed by atoms with Crippen molar-refractivity contribution in [2.24, 2.45) is 0 Å². The van der Waals surface area contributed by atoms with E-state index in [-0.39, 0.29) is 23.8 Å². The molecule has 1 aliphatic rings. The molecule has 1 atom stereocenters. The van der Waals surface area contributed by atoms with Gasteiger partial charge in [0.15, 0.2) is 5.13 Å². The van der Waals surface area contributed by atoms with Crippen LogP contribution >= 0.6 is 11.3 Å². The third-order valence-electron chi connectivity index (χ3n) is 5.14. The van der Waals surface area contributed by atoms with E-state index in [1.807, 2.05) is 35.2 Å². The second kappa shape index (κ2) is 8.73. The van der Waals surface area contributed by atoms with Crippen molar-refractivity contribution < 1.29 is 9.18 Å². The molecular weight excluding hydrogens is 349 g/mol. The molecule has 0 saturated heterocycles. The lowest BCUT2D eigenvalue weighted by atomic mass is 9.94. The highest BCUT2D eigenvalue weighted by atomic mass is 32.1. The summed E-state index contributed by atoms with van der Waals surface area (Å²) in [6, 6.07) is 6.47. The lowest BCUT2D eigenvalue weighted by Gasteiger charge is -2.36. The molecule has 1 amide bonds. The predicted octanol–water partition coefficient (Wildman–Crippen LogP) is 4.47. The number of anilines is 1. The molecule has 1 saturated carbocycles. The molecule has 0 N–H and O–H groups in total. The van der Waals surface area contributed by atoms with Gasteiger partial charge in [0, 0.05) is 24.2 Å². The molecule has 1 aromatic carbocycles. The highest BCUT2D eigenvalue weighted by Gasteiger charge is 2.32. The molecule has 2 aromatic rings. The molecule has 4 nitrogen and oxygen atoms in total. The third-order valence-corrected chi connectivity index (χ3v) is 5.91. The molecule has 1 heterocycles. The van der Waals surface area contributed by atoms with Crippen molar-refractivity contribution in [1.29, 1.82) is 0 Å². The van der Waals surface area contributed by atoms with Crippen LogP contribution in [0.5, 0.6) is 0 Å². The van der Waals surface area contributed by atoms with E-state index >= 15 is 0 Å². The van der Waals surface area contributed by atoms with Crippen molar-refractivity contribution in [3.63, 3.8) is 0 Å². The largest absolute Gasteiger partial charge is 0.291 e. The fraction of sp³-hybridized carbons (Fsp3) is 0.500. The van der Waals surface area contributed by atoms with E-state index in [4.69, 9.17) is 0 Å². The van der Waals surface area contributed by atoms with E-state index < -0.39 is 0 Å². The smallest absolute Gasteiger partial charge is 0.246 e. The Labute approximate surface area is 158 Å². The minimum atomic E-state index is -0.302. The lowest BCUT2D eigenvalue weighted by molar-refractivity contribution is -0.123. The second-order valence-corrected chi connectivity index (χ2v) is 7.91. The minimum Gasteiger partial charge on any atom is -0.291 e. The summed E-state index contributed by atoms with van der Waals surface area (Å²) >= 11 is 1.51. The van der Waals surface area contributed by atoms with E-state index in [2.05, 4.69) is 4.98 Å². The highest BCUT2D eigenvalue weighted by molar-refractivity contribution is 7.13. The Hall–Kier alpha value is -1.79. The fourth-order valence-corrected chi connectivity index (χ4v) is 4.27. The first-order valence-electron chi connectivity index (χ1n) is 9.23. The molecule has 1 fully saturated rings. The molecule has 0 aliphatic heterocycles. The molecule has 0 spiro atoms. The summed E-state index contributed by atoms with van der Waals surface area (Å²) in [7, 11) is 1.91. The Morgan fingerprint density at radius 2 is 2.12 bits per heavy atom. The second-order valence-electron chi connectivity index (χ2n) is 7.04. The van der Waals surface area contributed by atoms with Crippen molar-refractivity contribution in [3.05, 3.63) is 47.2 Å². The lowest BCUT2D eigenvalue weighted by Crippen LogP contribution is -2.50. The number of carbonyl (C=O) groups is 1. The first-order valence-corrected chi connectivity index (χ1v) is 10.1. The summed E-state index contributed by atoms with van der Waals surface area (Å²) < 4.78 is 13.4. The summed E-state index contributed by atoms with van der Waals surface area (Å²) in [5.74, 6) is -0.174. The van der Waals surface area contributed by atoms with Crippen molar-refractivity contribution in [2.75, 3.05) is 11.9 Å². The van der Waals surface area contributed by atoms with Crippen LogP contribution in [0.15, 0.2) is 35.8 Å². The topological polar surface area (TPSA) is 36.4 Å². The Morgan fingerprint density at radius 3 is 2.77 bits per heavy atom. The van der Waals surface area contributed by atoms with E-state index in [9.17, 15) is 9.18 Å². The van der Waals surface area contributed by atoms with Gasteiger partial charge in [0.05, 0.1) is 6.04 Å². The number of aromatic nitrogens is 1. The number of halogens is 1. The number of likely N-dealkylation sites (N-methyl/N-ethyl adjacent to an activating group) is 1. The first-order chi connectivity index (χ1) is 12.6. The standard InChI is InChI=1S/C20H26FN3OS/c1-15(23(2)14-16-7-6-8-17(21)13-16)19(25)24(20-22-11-12-26-20)18-9-4-3-5-10-18/h6-8,11-13,15,18H,3-5,9-10,14H2,1-2H3/t15-/m1/s1. The summed E-state index contributed by atoms with van der Waals surface area (Å²) in [6.07, 6.45) is 7.38. The zero-order valence-corrected chi connectivity index (χ0v) is 16.2. The fourth-order valence-electron chi connectivity index (χ4n) is 3.55. The van der Waals surface area contributed by atoms with E-state index in [0.29, 0.717) is 6.54 Å². The van der Waals surface area contributed by atoms with Gasteiger partial charge in [-0.15, -0.1) is 11.3 Å². The molecule has 0 radical (unpaired) electrons. The molecule has 0 bridgehead atoms. The SMILES string of the molecule is C[C@H](C(=O)N(c1nccs1)C1CCCCC1)N(C)Cc1cccc(F)c1. The Morgan fingerprint density at radius 1 is 1.35 bits per heavy atom. The number of hydrogen-bond donors (Lipinski definition) is 0. The van der Waals surface area contributed by atoms with Crippen molar-refractivity contribution in [1.82, 2.24) is 9.88 Å². The van der Waals surface area contributed by atoms with Crippen LogP contribution < -0.4 is 4.90 Å². The maximum atomic E-state index is 13.4. The van der Waals surface area contributed by atoms with Gasteiger partial charge in [-0.1, -0.05) is 31.4 Å². The molecule has 1 aliphatic carbocycles. The van der Waals surface area contributed by atoms with Gasteiger partial charge in [-0.2, -0.15) is 0 Å². The van der Waals surface area contributed by atoms with Crippen LogP contribution in [-0.2, 0) is 11.3 Å². The van der Waals surface area contributed by atoms with Gasteiger partial charge in [-0.3, -0.25) is 14.6 Å². The monoisotopic (exact) mass is 375 g/mol. The van der Waals surface area contributed by atoms with Crippen molar-refractivity contribution in [2.45, 2.75) is 57.7 Å². The quantitative estimate of drug-likeness (QED) is 0.747. The average Bonchev–Trinajstić information content (AvgIpc) is 3.16. The van der Waals surface area contributed by atoms with E-state index in [0.717, 1.165) is 36.4 Å². The van der Waals surface area contributed by atoms with Crippen LogP contribution in [0.1, 0.15) is 44.6 Å². The molecule has 3 rings (SSSR count). The average molecular weight is 376 g/mol. The Kier molecular flexibility index (Phi) is 6.38. The maximum Gasteiger partial charge on any atom is 0.246 e. The molecule has 6 heteroatoms. The number of amides is 1. The summed E-state index contributed by atoms with van der Waals surface area (Å²) in [5, 5.41) is 2.70. The number of thiazole rings is 1. The predicted molar refractivity (Wildman–Crippen MR) is 104 cm³/mol. The third kappa shape index (κ3) is 4.48. The summed E-state index contributed by atoms with van der Waals surface area (Å²) in [6.45, 7) is 2.45. The van der Waals surface area contributed by atoms with E-state index in [1.54, 1.807) is 12.3 Å². The Bertz CT molecular complexity index is 716. The number of benzene rings is 1. The van der Waals surface area contributed by atoms with Crippen LogP contribution in [0, 0.1) is 5.82 Å². The number of rotatable bonds is 6. The van der Waals surface area contributed by atoms with Gasteiger partial charge in [0.2, 0.25) is 5.91 Å². The van der Waals surface area contributed by atoms with E-state index in [1.165, 1.54) is 29.9 Å². The Balaban J connectivity index is 1.74.